The molecule has 1 fully saturated rings. The fourth-order valence-corrected chi connectivity index (χ4v) is 11.6. The minimum Gasteiger partial charge on any atom is -0.512 e. The first-order chi connectivity index (χ1) is 24.4. The number of aliphatic hydroxyl groups is 2. The van der Waals surface area contributed by atoms with Gasteiger partial charge in [0, 0.05) is 23.7 Å². The van der Waals surface area contributed by atoms with E-state index in [4.69, 9.17) is 0 Å². The van der Waals surface area contributed by atoms with E-state index in [2.05, 4.69) is 87.4 Å². The van der Waals surface area contributed by atoms with E-state index in [1.54, 1.807) is 5.57 Å². The molecule has 2 aromatic carbocycles. The summed E-state index contributed by atoms with van der Waals surface area (Å²) < 4.78 is 0. The van der Waals surface area contributed by atoms with Crippen molar-refractivity contribution < 1.29 is 20.4 Å². The van der Waals surface area contributed by atoms with Crippen LogP contribution in [0.3, 0.4) is 0 Å². The van der Waals surface area contributed by atoms with Crippen LogP contribution in [0.5, 0.6) is 11.5 Å². The Labute approximate surface area is 315 Å². The SMILES string of the molecule is CC1=C(C(c2cc(C)c(O)c(C)c2C)C2CCC3CC=C(C(c4cc(C)c(O)c(C)c4C)C4CC(C)C(O)=C(C)C4C)CC3C2)CC(C)C(O)C1C. The number of benzene rings is 2. The van der Waals surface area contributed by atoms with Crippen molar-refractivity contribution in [1.29, 1.82) is 0 Å². The average Bonchev–Trinajstić information content (AvgIpc) is 3.12. The van der Waals surface area contributed by atoms with Crippen molar-refractivity contribution in [2.75, 3.05) is 0 Å². The van der Waals surface area contributed by atoms with Gasteiger partial charge in [0.15, 0.2) is 0 Å². The van der Waals surface area contributed by atoms with Crippen LogP contribution < -0.4 is 0 Å². The lowest BCUT2D eigenvalue weighted by Crippen LogP contribution is -2.37. The molecule has 4 nitrogen and oxygen atoms in total. The molecule has 0 saturated heterocycles. The lowest BCUT2D eigenvalue weighted by atomic mass is 9.58. The molecule has 4 aliphatic rings. The van der Waals surface area contributed by atoms with Crippen LogP contribution in [0.4, 0.5) is 0 Å². The standard InChI is InChI=1S/C48H68O4/c1-23-17-39(27(5)31(9)45(23)49)43(40-18-24(2)46(50)32(10)28(40)6)36-15-13-35-14-16-37(22-38(35)21-36)44(41-19-25(3)47(51)33(11)29(41)7)42-20-26(4)48(52)34(12)30(42)8/h15,17,19,24,26,28,34-35,37-38,40,43-44,48-52H,13-14,16,18,20-22H2,1-12H3. The quantitative estimate of drug-likeness (QED) is 0.225. The summed E-state index contributed by atoms with van der Waals surface area (Å²) in [6.45, 7) is 26.0. The number of aryl methyl sites for hydroxylation is 2. The Balaban J connectivity index is 1.41. The summed E-state index contributed by atoms with van der Waals surface area (Å²) in [7, 11) is 0. The highest BCUT2D eigenvalue weighted by atomic mass is 16.3. The van der Waals surface area contributed by atoms with E-state index in [1.807, 2.05) is 13.8 Å². The zero-order chi connectivity index (χ0) is 38.1. The highest BCUT2D eigenvalue weighted by Crippen LogP contribution is 2.56. The summed E-state index contributed by atoms with van der Waals surface area (Å²) >= 11 is 0. The molecule has 4 heteroatoms. The molecular formula is C48H68O4. The average molecular weight is 709 g/mol. The molecule has 6 rings (SSSR count). The van der Waals surface area contributed by atoms with Gasteiger partial charge >= 0.3 is 0 Å². The topological polar surface area (TPSA) is 80.9 Å². The maximum absolute atomic E-state index is 11.1. The summed E-state index contributed by atoms with van der Waals surface area (Å²) in [6.07, 6.45) is 10.0. The first kappa shape index (κ1) is 38.7. The van der Waals surface area contributed by atoms with Gasteiger partial charge in [0.2, 0.25) is 0 Å². The molecule has 11 unspecified atom stereocenters. The van der Waals surface area contributed by atoms with Crippen LogP contribution in [0, 0.1) is 88.9 Å². The highest BCUT2D eigenvalue weighted by Gasteiger charge is 2.44. The predicted octanol–water partition coefficient (Wildman–Crippen LogP) is 12.0. The van der Waals surface area contributed by atoms with Crippen LogP contribution in [0.15, 0.2) is 46.3 Å². The molecule has 0 aliphatic heterocycles. The summed E-state index contributed by atoms with van der Waals surface area (Å²) in [6, 6.07) is 4.56. The van der Waals surface area contributed by atoms with Crippen molar-refractivity contribution >= 4 is 0 Å². The zero-order valence-electron chi connectivity index (χ0n) is 34.3. The Morgan fingerprint density at radius 1 is 0.635 bits per heavy atom. The number of phenols is 2. The third kappa shape index (κ3) is 6.58. The van der Waals surface area contributed by atoms with Gasteiger partial charge in [-0.05, 0) is 186 Å². The van der Waals surface area contributed by atoms with Crippen molar-refractivity contribution in [3.05, 3.63) is 90.8 Å². The zero-order valence-corrected chi connectivity index (χ0v) is 34.3. The lowest BCUT2D eigenvalue weighted by molar-refractivity contribution is 0.0659. The number of hydrogen-bond acceptors (Lipinski definition) is 4. The minimum atomic E-state index is -0.312. The van der Waals surface area contributed by atoms with Crippen LogP contribution in [0.25, 0.3) is 0 Å². The van der Waals surface area contributed by atoms with Gasteiger partial charge in [0.25, 0.3) is 0 Å². The summed E-state index contributed by atoms with van der Waals surface area (Å²) in [5.74, 6) is 4.83. The van der Waals surface area contributed by atoms with Crippen LogP contribution in [-0.2, 0) is 0 Å². The maximum Gasteiger partial charge on any atom is 0.121 e. The first-order valence-electron chi connectivity index (χ1n) is 20.5. The smallest absolute Gasteiger partial charge is 0.121 e. The van der Waals surface area contributed by atoms with E-state index >= 15 is 0 Å². The number of rotatable bonds is 6. The van der Waals surface area contributed by atoms with E-state index in [1.165, 1.54) is 52.7 Å². The van der Waals surface area contributed by atoms with Crippen molar-refractivity contribution in [3.8, 4) is 11.5 Å². The van der Waals surface area contributed by atoms with E-state index in [9.17, 15) is 20.4 Å². The number of allylic oxidation sites excluding steroid dienone is 5. The Kier molecular flexibility index (Phi) is 10.9. The van der Waals surface area contributed by atoms with Gasteiger partial charge < -0.3 is 20.4 Å². The minimum absolute atomic E-state index is 0.135. The molecule has 0 amide bonds. The maximum atomic E-state index is 11.1. The second kappa shape index (κ2) is 14.7. The van der Waals surface area contributed by atoms with Gasteiger partial charge in [-0.1, -0.05) is 62.6 Å². The molecule has 1 saturated carbocycles. The van der Waals surface area contributed by atoms with Crippen molar-refractivity contribution in [3.63, 3.8) is 0 Å². The van der Waals surface area contributed by atoms with Gasteiger partial charge in [-0.2, -0.15) is 0 Å². The second-order valence-corrected chi connectivity index (χ2v) is 18.4. The fourth-order valence-electron chi connectivity index (χ4n) is 11.6. The van der Waals surface area contributed by atoms with E-state index in [-0.39, 0.29) is 41.6 Å². The van der Waals surface area contributed by atoms with Gasteiger partial charge in [-0.15, -0.1) is 0 Å². The third-order valence-corrected chi connectivity index (χ3v) is 15.5. The molecule has 2 aromatic rings. The number of fused-ring (bicyclic) bond motifs is 1. The number of aromatic hydroxyl groups is 2. The summed E-state index contributed by atoms with van der Waals surface area (Å²) in [5.41, 5.74) is 14.6. The number of aliphatic hydroxyl groups excluding tert-OH is 2. The Morgan fingerprint density at radius 3 is 1.81 bits per heavy atom. The van der Waals surface area contributed by atoms with Crippen LogP contribution in [-0.4, -0.2) is 26.5 Å². The largest absolute Gasteiger partial charge is 0.512 e. The van der Waals surface area contributed by atoms with Crippen molar-refractivity contribution in [2.24, 2.45) is 47.3 Å². The van der Waals surface area contributed by atoms with E-state index in [0.29, 0.717) is 40.9 Å². The first-order valence-corrected chi connectivity index (χ1v) is 20.5. The fraction of sp³-hybridized carbons (Fsp3) is 0.625. The molecule has 4 aliphatic carbocycles. The van der Waals surface area contributed by atoms with Gasteiger partial charge in [0.05, 0.1) is 11.9 Å². The molecule has 4 N–H and O–H groups in total. The van der Waals surface area contributed by atoms with Crippen LogP contribution in [0.2, 0.25) is 0 Å². The Bertz CT molecular complexity index is 1810. The van der Waals surface area contributed by atoms with Crippen LogP contribution >= 0.6 is 0 Å². The molecule has 0 spiro atoms. The molecule has 0 heterocycles. The van der Waals surface area contributed by atoms with E-state index in [0.717, 1.165) is 53.5 Å². The summed E-state index contributed by atoms with van der Waals surface area (Å²) in [5, 5.41) is 44.1. The molecule has 11 atom stereocenters. The lowest BCUT2D eigenvalue weighted by Gasteiger charge is -2.47. The number of hydrogen-bond donors (Lipinski definition) is 4. The predicted molar refractivity (Wildman–Crippen MR) is 215 cm³/mol. The normalized spacial score (nSPS) is 32.4. The Hall–Kier alpha value is -2.98. The van der Waals surface area contributed by atoms with Crippen molar-refractivity contribution in [2.45, 2.75) is 146 Å². The van der Waals surface area contributed by atoms with Crippen molar-refractivity contribution in [1.82, 2.24) is 0 Å². The van der Waals surface area contributed by atoms with Crippen LogP contribution in [0.1, 0.15) is 143 Å². The van der Waals surface area contributed by atoms with Gasteiger partial charge in [0.1, 0.15) is 11.5 Å². The molecule has 284 valence electrons. The highest BCUT2D eigenvalue weighted by molar-refractivity contribution is 5.53. The van der Waals surface area contributed by atoms with Gasteiger partial charge in [-0.3, -0.25) is 0 Å². The Morgan fingerprint density at radius 2 is 1.21 bits per heavy atom. The molecular weight excluding hydrogens is 641 g/mol. The monoisotopic (exact) mass is 709 g/mol. The molecule has 52 heavy (non-hydrogen) atoms. The third-order valence-electron chi connectivity index (χ3n) is 15.5. The molecule has 0 aromatic heterocycles. The second-order valence-electron chi connectivity index (χ2n) is 18.4. The number of phenolic OH excluding ortho intramolecular Hbond substituents is 2. The van der Waals surface area contributed by atoms with Gasteiger partial charge in [-0.25, -0.2) is 0 Å². The molecule has 0 bridgehead atoms. The molecule has 0 radical (unpaired) electrons. The van der Waals surface area contributed by atoms with E-state index < -0.39 is 0 Å². The summed E-state index contributed by atoms with van der Waals surface area (Å²) in [4.78, 5) is 0.